The second kappa shape index (κ2) is 14.0. The molecule has 10 aromatic rings. The summed E-state index contributed by atoms with van der Waals surface area (Å²) in [6, 6.07) is 70.2. The van der Waals surface area contributed by atoms with Gasteiger partial charge in [-0.2, -0.15) is 0 Å². The van der Waals surface area contributed by atoms with Crippen molar-refractivity contribution in [1.82, 2.24) is 0 Å². The second-order valence-corrected chi connectivity index (χ2v) is 18.2. The molecule has 0 aliphatic rings. The fraction of sp³-hybridized carbons (Fsp3) is 0.138. The molecule has 0 amide bonds. The van der Waals surface area contributed by atoms with E-state index in [1.807, 2.05) is 0 Å². The first-order valence-corrected chi connectivity index (χ1v) is 20.9. The Morgan fingerprint density at radius 3 is 1.25 bits per heavy atom. The number of benzene rings is 10. The maximum atomic E-state index is 2.38. The fourth-order valence-electron chi connectivity index (χ4n) is 9.17. The van der Waals surface area contributed by atoms with Gasteiger partial charge >= 0.3 is 0 Å². The Morgan fingerprint density at radius 2 is 0.746 bits per heavy atom. The van der Waals surface area contributed by atoms with Gasteiger partial charge in [-0.25, -0.2) is 0 Å². The minimum atomic E-state index is 0.0811. The lowest BCUT2D eigenvalue weighted by atomic mass is 9.84. The normalized spacial score (nSPS) is 12.2. The van der Waals surface area contributed by atoms with E-state index in [4.69, 9.17) is 0 Å². The van der Waals surface area contributed by atoms with Crippen molar-refractivity contribution in [3.05, 3.63) is 199 Å². The predicted molar refractivity (Wildman–Crippen MR) is 257 cm³/mol. The van der Waals surface area contributed by atoms with E-state index in [1.165, 1.54) is 87.2 Å². The summed E-state index contributed by atoms with van der Waals surface area (Å²) in [5.41, 5.74) is 11.2. The molecule has 1 heteroatoms. The molecule has 0 heterocycles. The molecule has 0 aromatic heterocycles. The Kier molecular flexibility index (Phi) is 8.69. The molecule has 10 rings (SSSR count). The van der Waals surface area contributed by atoms with Crippen LogP contribution in [-0.2, 0) is 10.8 Å². The molecule has 0 fully saturated rings. The lowest BCUT2D eigenvalue weighted by molar-refractivity contribution is 0.590. The minimum absolute atomic E-state index is 0.0811. The van der Waals surface area contributed by atoms with Gasteiger partial charge in [-0.3, -0.25) is 0 Å². The molecule has 0 saturated heterocycles. The van der Waals surface area contributed by atoms with E-state index in [9.17, 15) is 0 Å². The zero-order valence-electron chi connectivity index (χ0n) is 34.8. The zero-order valence-corrected chi connectivity index (χ0v) is 34.8. The van der Waals surface area contributed by atoms with Crippen molar-refractivity contribution in [3.8, 4) is 22.3 Å². The van der Waals surface area contributed by atoms with Crippen LogP contribution in [0.4, 0.5) is 17.1 Å². The van der Waals surface area contributed by atoms with Crippen molar-refractivity contribution >= 4 is 70.9 Å². The summed E-state index contributed by atoms with van der Waals surface area (Å²) in [6.07, 6.45) is 0. The average molecular weight is 760 g/mol. The number of rotatable bonds is 5. The summed E-state index contributed by atoms with van der Waals surface area (Å²) < 4.78 is 0. The molecule has 59 heavy (non-hydrogen) atoms. The summed E-state index contributed by atoms with van der Waals surface area (Å²) >= 11 is 0. The number of nitrogens with zero attached hydrogens (tertiary/aromatic N) is 1. The van der Waals surface area contributed by atoms with Crippen LogP contribution in [0, 0.1) is 0 Å². The minimum Gasteiger partial charge on any atom is -0.311 e. The molecule has 0 N–H and O–H groups in total. The van der Waals surface area contributed by atoms with E-state index in [0.717, 1.165) is 17.1 Å². The SMILES string of the molecule is CC(C)(C)c1ccc(N(c2ccc(-c3c4ccccc4c(-c4cccc5c4ccc4cc6ccccc6cc45)c4ccccc34)cc2)c2ccc(C(C)(C)C)cc2)cc1. The maximum absolute atomic E-state index is 2.38. The quantitative estimate of drug-likeness (QED) is 0.125. The smallest absolute Gasteiger partial charge is 0.0462 e. The second-order valence-electron chi connectivity index (χ2n) is 18.2. The molecule has 0 saturated carbocycles. The Bertz CT molecular complexity index is 3080. The van der Waals surface area contributed by atoms with Gasteiger partial charge in [0.1, 0.15) is 0 Å². The molecule has 0 aliphatic heterocycles. The number of anilines is 3. The standard InChI is InChI=1S/C58H49N/c1-57(2,3)42-25-31-45(32-26-42)59(46-33-27-43(28-34-46)58(4,5)6)44-29-22-38(23-30-44)55-50-16-9-11-18-52(50)56(53-19-12-10-17-51(53)55)49-21-13-20-47-48(49)35-24-41-36-39-14-7-8-15-40(39)37-54(41)47/h7-37H,1-6H3. The third-order valence-electron chi connectivity index (χ3n) is 12.3. The molecule has 10 aromatic carbocycles. The zero-order chi connectivity index (χ0) is 40.5. The molecule has 0 aliphatic carbocycles. The highest BCUT2D eigenvalue weighted by Crippen LogP contribution is 2.47. The van der Waals surface area contributed by atoms with Crippen LogP contribution in [0.5, 0.6) is 0 Å². The predicted octanol–water partition coefficient (Wildman–Crippen LogP) is 16.9. The summed E-state index contributed by atoms with van der Waals surface area (Å²) in [4.78, 5) is 2.38. The van der Waals surface area contributed by atoms with E-state index in [2.05, 4.69) is 234 Å². The van der Waals surface area contributed by atoms with Crippen LogP contribution in [0.3, 0.4) is 0 Å². The number of fused-ring (bicyclic) bond motifs is 6. The molecule has 0 atom stereocenters. The van der Waals surface area contributed by atoms with Gasteiger partial charge in [0, 0.05) is 17.1 Å². The first-order valence-electron chi connectivity index (χ1n) is 20.9. The van der Waals surface area contributed by atoms with E-state index < -0.39 is 0 Å². The highest BCUT2D eigenvalue weighted by atomic mass is 15.1. The van der Waals surface area contributed by atoms with Gasteiger partial charge < -0.3 is 4.90 Å². The topological polar surface area (TPSA) is 3.24 Å². The summed E-state index contributed by atoms with van der Waals surface area (Å²) in [5, 5.41) is 12.7. The molecule has 286 valence electrons. The highest BCUT2D eigenvalue weighted by molar-refractivity contribution is 6.25. The van der Waals surface area contributed by atoms with Crippen LogP contribution in [-0.4, -0.2) is 0 Å². The Balaban J connectivity index is 1.13. The third kappa shape index (κ3) is 6.43. The van der Waals surface area contributed by atoms with Crippen molar-refractivity contribution in [2.75, 3.05) is 4.90 Å². The molecule has 0 unspecified atom stereocenters. The lowest BCUT2D eigenvalue weighted by Gasteiger charge is -2.28. The van der Waals surface area contributed by atoms with E-state index in [0.29, 0.717) is 0 Å². The van der Waals surface area contributed by atoms with Crippen molar-refractivity contribution in [2.45, 2.75) is 52.4 Å². The van der Waals surface area contributed by atoms with Gasteiger partial charge in [0.25, 0.3) is 0 Å². The van der Waals surface area contributed by atoms with Gasteiger partial charge in [0.2, 0.25) is 0 Å². The summed E-state index contributed by atoms with van der Waals surface area (Å²) in [7, 11) is 0. The third-order valence-corrected chi connectivity index (χ3v) is 12.3. The van der Waals surface area contributed by atoms with Crippen molar-refractivity contribution in [3.63, 3.8) is 0 Å². The van der Waals surface area contributed by atoms with Crippen LogP contribution < -0.4 is 4.90 Å². The number of hydrogen-bond acceptors (Lipinski definition) is 1. The molecule has 0 bridgehead atoms. The molecular weight excluding hydrogens is 711 g/mol. The summed E-state index contributed by atoms with van der Waals surface area (Å²) in [5.74, 6) is 0. The van der Waals surface area contributed by atoms with Crippen molar-refractivity contribution < 1.29 is 0 Å². The average Bonchev–Trinajstić information content (AvgIpc) is 3.25. The van der Waals surface area contributed by atoms with Crippen molar-refractivity contribution in [2.24, 2.45) is 0 Å². The first kappa shape index (κ1) is 36.6. The van der Waals surface area contributed by atoms with Gasteiger partial charge in [-0.05, 0) is 147 Å². The molecular formula is C58H49N. The first-order chi connectivity index (χ1) is 28.5. The van der Waals surface area contributed by atoms with Gasteiger partial charge in [-0.1, -0.05) is 181 Å². The largest absolute Gasteiger partial charge is 0.311 e. The Morgan fingerprint density at radius 1 is 0.305 bits per heavy atom. The maximum Gasteiger partial charge on any atom is 0.0462 e. The molecule has 1 nitrogen and oxygen atoms in total. The van der Waals surface area contributed by atoms with Crippen molar-refractivity contribution in [1.29, 1.82) is 0 Å². The van der Waals surface area contributed by atoms with E-state index in [-0.39, 0.29) is 10.8 Å². The Labute approximate surface area is 348 Å². The molecule has 0 spiro atoms. The monoisotopic (exact) mass is 759 g/mol. The van der Waals surface area contributed by atoms with Crippen LogP contribution in [0.1, 0.15) is 52.7 Å². The van der Waals surface area contributed by atoms with Gasteiger partial charge in [0.05, 0.1) is 0 Å². The fourth-order valence-corrected chi connectivity index (χ4v) is 9.17. The lowest BCUT2D eigenvalue weighted by Crippen LogP contribution is -2.14. The summed E-state index contributed by atoms with van der Waals surface area (Å²) in [6.45, 7) is 13.6. The number of hydrogen-bond donors (Lipinski definition) is 0. The van der Waals surface area contributed by atoms with E-state index in [1.54, 1.807) is 0 Å². The van der Waals surface area contributed by atoms with Gasteiger partial charge in [0.15, 0.2) is 0 Å². The van der Waals surface area contributed by atoms with Crippen LogP contribution >= 0.6 is 0 Å². The Hall–Kier alpha value is -6.70. The van der Waals surface area contributed by atoms with Crippen LogP contribution in [0.25, 0.3) is 76.1 Å². The van der Waals surface area contributed by atoms with E-state index >= 15 is 0 Å². The van der Waals surface area contributed by atoms with Crippen LogP contribution in [0.2, 0.25) is 0 Å². The highest BCUT2D eigenvalue weighted by Gasteiger charge is 2.21. The van der Waals surface area contributed by atoms with Crippen LogP contribution in [0.15, 0.2) is 188 Å². The van der Waals surface area contributed by atoms with Gasteiger partial charge in [-0.15, -0.1) is 0 Å². The molecule has 0 radical (unpaired) electrons.